The summed E-state index contributed by atoms with van der Waals surface area (Å²) in [7, 11) is 0. The number of nitrogens with one attached hydrogen (secondary N) is 1. The minimum absolute atomic E-state index is 0.0690. The van der Waals surface area contributed by atoms with E-state index in [1.165, 1.54) is 18.7 Å². The summed E-state index contributed by atoms with van der Waals surface area (Å²) in [5, 5.41) is 10.7. The summed E-state index contributed by atoms with van der Waals surface area (Å²) in [6, 6.07) is -1.34. The fraction of sp³-hybridized carbons (Fsp3) is 0.769. The second-order valence-electron chi connectivity index (χ2n) is 5.86. The lowest BCUT2D eigenvalue weighted by Gasteiger charge is -2.27. The average molecular weight is 324 g/mol. The average Bonchev–Trinajstić information content (AvgIpc) is 2.75. The number of aliphatic carboxylic acids is 1. The molecule has 0 aromatic rings. The summed E-state index contributed by atoms with van der Waals surface area (Å²) in [5.74, 6) is -5.53. The molecule has 1 aliphatic heterocycles. The zero-order valence-electron chi connectivity index (χ0n) is 12.5. The Labute approximate surface area is 125 Å². The number of likely N-dealkylation sites (tertiary alicyclic amines) is 1. The maximum absolute atomic E-state index is 12.3. The van der Waals surface area contributed by atoms with Crippen LogP contribution in [0.5, 0.6) is 0 Å². The zero-order chi connectivity index (χ0) is 17.2. The van der Waals surface area contributed by atoms with Gasteiger partial charge in [0.15, 0.2) is 0 Å². The monoisotopic (exact) mass is 324 g/mol. The van der Waals surface area contributed by atoms with Gasteiger partial charge in [-0.25, -0.2) is 0 Å². The molecule has 0 aromatic heterocycles. The molecule has 1 fully saturated rings. The lowest BCUT2D eigenvalue weighted by atomic mass is 9.99. The van der Waals surface area contributed by atoms with Crippen molar-refractivity contribution in [2.24, 2.45) is 17.8 Å². The third kappa shape index (κ3) is 4.11. The maximum Gasteiger partial charge on any atom is 0.471 e. The fourth-order valence-corrected chi connectivity index (χ4v) is 2.40. The molecule has 126 valence electrons. The molecule has 9 heteroatoms. The van der Waals surface area contributed by atoms with Crippen molar-refractivity contribution >= 4 is 17.8 Å². The van der Waals surface area contributed by atoms with Crippen molar-refractivity contribution in [3.05, 3.63) is 0 Å². The predicted molar refractivity (Wildman–Crippen MR) is 69.7 cm³/mol. The number of nitrogens with zero attached hydrogens (tertiary/aromatic N) is 1. The van der Waals surface area contributed by atoms with Crippen LogP contribution in [0.15, 0.2) is 0 Å². The minimum atomic E-state index is -5.07. The Morgan fingerprint density at radius 1 is 1.23 bits per heavy atom. The summed E-state index contributed by atoms with van der Waals surface area (Å²) >= 11 is 0. The highest BCUT2D eigenvalue weighted by molar-refractivity contribution is 5.90. The van der Waals surface area contributed by atoms with E-state index in [0.29, 0.717) is 0 Å². The van der Waals surface area contributed by atoms with Crippen LogP contribution in [0, 0.1) is 17.8 Å². The van der Waals surface area contributed by atoms with Crippen LogP contribution in [0.1, 0.15) is 20.8 Å². The topological polar surface area (TPSA) is 86.7 Å². The number of hydrogen-bond acceptors (Lipinski definition) is 3. The van der Waals surface area contributed by atoms with Gasteiger partial charge in [-0.1, -0.05) is 20.8 Å². The van der Waals surface area contributed by atoms with Gasteiger partial charge < -0.3 is 15.3 Å². The normalized spacial score (nSPS) is 23.5. The first-order valence-electron chi connectivity index (χ1n) is 6.84. The number of halogens is 3. The van der Waals surface area contributed by atoms with Crippen molar-refractivity contribution < 1.29 is 32.7 Å². The molecule has 1 aliphatic rings. The maximum atomic E-state index is 12.3. The molecule has 0 aromatic carbocycles. The first-order valence-corrected chi connectivity index (χ1v) is 6.84. The summed E-state index contributed by atoms with van der Waals surface area (Å²) in [6.07, 6.45) is -5.07. The molecule has 3 atom stereocenters. The number of carbonyl (C=O) groups is 3. The highest BCUT2D eigenvalue weighted by atomic mass is 19.4. The smallest absolute Gasteiger partial charge is 0.471 e. The molecule has 1 heterocycles. The molecule has 0 aliphatic carbocycles. The molecule has 6 nitrogen and oxygen atoms in total. The van der Waals surface area contributed by atoms with Crippen LogP contribution in [-0.2, 0) is 14.4 Å². The SMILES string of the molecule is CC(C)[C@H](NC(=O)C(F)(F)F)C(=O)N1C[C@@H](C)[C@H](C(=O)O)C1. The third-order valence-electron chi connectivity index (χ3n) is 3.72. The Morgan fingerprint density at radius 3 is 2.14 bits per heavy atom. The molecule has 1 saturated heterocycles. The van der Waals surface area contributed by atoms with Crippen molar-refractivity contribution in [1.29, 1.82) is 0 Å². The highest BCUT2D eigenvalue weighted by Gasteiger charge is 2.44. The molecule has 0 spiro atoms. The molecule has 1 rings (SSSR count). The molecule has 0 radical (unpaired) electrons. The van der Waals surface area contributed by atoms with E-state index < -0.39 is 41.8 Å². The van der Waals surface area contributed by atoms with Crippen LogP contribution in [-0.4, -0.2) is 53.1 Å². The molecular weight excluding hydrogens is 305 g/mol. The van der Waals surface area contributed by atoms with Crippen molar-refractivity contribution in [2.45, 2.75) is 33.0 Å². The van der Waals surface area contributed by atoms with Crippen LogP contribution in [0.3, 0.4) is 0 Å². The molecule has 2 amide bonds. The Kier molecular flexibility index (Phi) is 5.42. The van der Waals surface area contributed by atoms with Gasteiger partial charge in [-0.2, -0.15) is 13.2 Å². The number of rotatable bonds is 4. The van der Waals surface area contributed by atoms with Crippen LogP contribution in [0.2, 0.25) is 0 Å². The van der Waals surface area contributed by atoms with Crippen molar-refractivity contribution in [2.75, 3.05) is 13.1 Å². The van der Waals surface area contributed by atoms with E-state index in [0.717, 1.165) is 0 Å². The molecular formula is C13H19F3N2O4. The Balaban J connectivity index is 2.83. The quantitative estimate of drug-likeness (QED) is 0.803. The highest BCUT2D eigenvalue weighted by Crippen LogP contribution is 2.25. The van der Waals surface area contributed by atoms with Crippen LogP contribution >= 0.6 is 0 Å². The van der Waals surface area contributed by atoms with Crippen molar-refractivity contribution in [3.8, 4) is 0 Å². The van der Waals surface area contributed by atoms with Crippen LogP contribution in [0.4, 0.5) is 13.2 Å². The molecule has 0 saturated carbocycles. The van der Waals surface area contributed by atoms with Gasteiger partial charge in [0, 0.05) is 13.1 Å². The largest absolute Gasteiger partial charge is 0.481 e. The molecule has 0 unspecified atom stereocenters. The van der Waals surface area contributed by atoms with Gasteiger partial charge in [-0.15, -0.1) is 0 Å². The van der Waals surface area contributed by atoms with E-state index in [-0.39, 0.29) is 19.0 Å². The Morgan fingerprint density at radius 2 is 1.77 bits per heavy atom. The lowest BCUT2D eigenvalue weighted by Crippen LogP contribution is -2.53. The first kappa shape index (κ1) is 18.2. The molecule has 0 bridgehead atoms. The van der Waals surface area contributed by atoms with E-state index >= 15 is 0 Å². The van der Waals surface area contributed by atoms with Gasteiger partial charge in [0.1, 0.15) is 6.04 Å². The third-order valence-corrected chi connectivity index (χ3v) is 3.72. The zero-order valence-corrected chi connectivity index (χ0v) is 12.5. The van der Waals surface area contributed by atoms with E-state index in [9.17, 15) is 27.6 Å². The Bertz CT molecular complexity index is 465. The number of alkyl halides is 3. The second-order valence-corrected chi connectivity index (χ2v) is 5.86. The van der Waals surface area contributed by atoms with E-state index in [4.69, 9.17) is 5.11 Å². The fourth-order valence-electron chi connectivity index (χ4n) is 2.40. The summed E-state index contributed by atoms with van der Waals surface area (Å²) in [4.78, 5) is 35.6. The van der Waals surface area contributed by atoms with Crippen molar-refractivity contribution in [3.63, 3.8) is 0 Å². The summed E-state index contributed by atoms with van der Waals surface area (Å²) in [6.45, 7) is 4.74. The molecule has 22 heavy (non-hydrogen) atoms. The number of carboxylic acid groups (broad SMARTS) is 1. The summed E-state index contributed by atoms with van der Waals surface area (Å²) < 4.78 is 37.0. The van der Waals surface area contributed by atoms with Gasteiger partial charge >= 0.3 is 18.1 Å². The minimum Gasteiger partial charge on any atom is -0.481 e. The van der Waals surface area contributed by atoms with Gasteiger partial charge in [-0.3, -0.25) is 14.4 Å². The number of carboxylic acids is 1. The van der Waals surface area contributed by atoms with Gasteiger partial charge in [0.2, 0.25) is 5.91 Å². The van der Waals surface area contributed by atoms with Crippen molar-refractivity contribution in [1.82, 2.24) is 10.2 Å². The predicted octanol–water partition coefficient (Wildman–Crippen LogP) is 0.869. The Hall–Kier alpha value is -1.80. The van der Waals surface area contributed by atoms with E-state index in [1.54, 1.807) is 12.2 Å². The first-order chi connectivity index (χ1) is 9.95. The van der Waals surface area contributed by atoms with E-state index in [1.807, 2.05) is 0 Å². The van der Waals surface area contributed by atoms with Gasteiger partial charge in [0.05, 0.1) is 5.92 Å². The number of amides is 2. The number of hydrogen-bond donors (Lipinski definition) is 2. The number of carbonyl (C=O) groups excluding carboxylic acids is 2. The lowest BCUT2D eigenvalue weighted by molar-refractivity contribution is -0.175. The summed E-state index contributed by atoms with van der Waals surface area (Å²) in [5.41, 5.74) is 0. The van der Waals surface area contributed by atoms with Gasteiger partial charge in [-0.05, 0) is 11.8 Å². The van der Waals surface area contributed by atoms with Crippen LogP contribution < -0.4 is 5.32 Å². The molecule has 2 N–H and O–H groups in total. The van der Waals surface area contributed by atoms with Gasteiger partial charge in [0.25, 0.3) is 0 Å². The standard InChI is InChI=1S/C13H19F3N2O4/c1-6(2)9(17-12(22)13(14,15)16)10(19)18-4-7(3)8(5-18)11(20)21/h6-9H,4-5H2,1-3H3,(H,17,22)(H,20,21)/t7-,8-,9+/m1/s1. The van der Waals surface area contributed by atoms with E-state index in [2.05, 4.69) is 0 Å². The van der Waals surface area contributed by atoms with Crippen LogP contribution in [0.25, 0.3) is 0 Å². The second kappa shape index (κ2) is 6.53.